The number of rotatable bonds is 4. The van der Waals surface area contributed by atoms with Gasteiger partial charge in [0, 0.05) is 10.0 Å². The molecule has 1 aromatic carbocycles. The van der Waals surface area contributed by atoms with Crippen molar-refractivity contribution in [3.63, 3.8) is 0 Å². The van der Waals surface area contributed by atoms with Gasteiger partial charge in [-0.05, 0) is 37.4 Å². The summed E-state index contributed by atoms with van der Waals surface area (Å²) in [5.41, 5.74) is 1.08. The molecule has 0 fully saturated rings. The average Bonchev–Trinajstić information content (AvgIpc) is 2.49. The van der Waals surface area contributed by atoms with E-state index in [0.29, 0.717) is 27.2 Å². The van der Waals surface area contributed by atoms with Crippen LogP contribution >= 0.6 is 15.9 Å². The van der Waals surface area contributed by atoms with Crippen LogP contribution in [0.5, 0.6) is 5.75 Å². The molecule has 0 amide bonds. The first-order chi connectivity index (χ1) is 9.67. The Morgan fingerprint density at radius 1 is 1.50 bits per heavy atom. The predicted octanol–water partition coefficient (Wildman–Crippen LogP) is 2.08. The van der Waals surface area contributed by atoms with Crippen LogP contribution in [0.4, 0.5) is 0 Å². The fraction of sp³-hybridized carbons (Fsp3) is 0.143. The summed E-state index contributed by atoms with van der Waals surface area (Å²) in [7, 11) is 1.75. The standard InChI is InChI=1S/C14H12BrN3O2/c1-17-14-9(7-16)2-5-13(18-14)20-11-3-4-12(15)10(6-11)8-19/h2-6,8,14,17-18H,1H3. The molecule has 0 saturated heterocycles. The summed E-state index contributed by atoms with van der Waals surface area (Å²) >= 11 is 3.28. The summed E-state index contributed by atoms with van der Waals surface area (Å²) in [6.07, 6.45) is 3.83. The third-order valence-electron chi connectivity index (χ3n) is 2.75. The molecule has 0 aliphatic carbocycles. The Bertz CT molecular complexity index is 632. The van der Waals surface area contributed by atoms with Gasteiger partial charge in [0.15, 0.2) is 12.2 Å². The zero-order valence-electron chi connectivity index (χ0n) is 10.7. The molecule has 1 heterocycles. The molecule has 0 bridgehead atoms. The van der Waals surface area contributed by atoms with Gasteiger partial charge < -0.3 is 10.1 Å². The van der Waals surface area contributed by atoms with E-state index in [1.807, 2.05) is 0 Å². The van der Waals surface area contributed by atoms with Gasteiger partial charge in [-0.1, -0.05) is 15.9 Å². The van der Waals surface area contributed by atoms with Gasteiger partial charge in [-0.3, -0.25) is 10.1 Å². The molecule has 2 rings (SSSR count). The minimum Gasteiger partial charge on any atom is -0.441 e. The Morgan fingerprint density at radius 3 is 2.95 bits per heavy atom. The van der Waals surface area contributed by atoms with Crippen molar-refractivity contribution in [3.05, 3.63) is 51.8 Å². The minimum absolute atomic E-state index is 0.291. The Hall–Kier alpha value is -2.10. The topological polar surface area (TPSA) is 74.2 Å². The number of hydrogen-bond acceptors (Lipinski definition) is 5. The number of hydrogen-bond donors (Lipinski definition) is 2. The SMILES string of the molecule is CNC1NC(Oc2ccc(Br)c(C=O)c2)=CC=C1C#N. The Morgan fingerprint density at radius 2 is 2.30 bits per heavy atom. The molecule has 0 spiro atoms. The zero-order chi connectivity index (χ0) is 14.5. The van der Waals surface area contributed by atoms with Crippen molar-refractivity contribution < 1.29 is 9.53 Å². The highest BCUT2D eigenvalue weighted by Crippen LogP contribution is 2.23. The highest BCUT2D eigenvalue weighted by atomic mass is 79.9. The maximum atomic E-state index is 10.9. The number of allylic oxidation sites excluding steroid dienone is 2. The quantitative estimate of drug-likeness (QED) is 0.825. The summed E-state index contributed by atoms with van der Waals surface area (Å²) in [5.74, 6) is 1.04. The largest absolute Gasteiger partial charge is 0.441 e. The molecule has 1 aromatic rings. The summed E-state index contributed by atoms with van der Waals surface area (Å²) in [5, 5.41) is 15.0. The van der Waals surface area contributed by atoms with Crippen molar-refractivity contribution in [1.29, 1.82) is 5.26 Å². The molecule has 2 N–H and O–H groups in total. The number of nitriles is 1. The summed E-state index contributed by atoms with van der Waals surface area (Å²) < 4.78 is 6.37. The van der Waals surface area contributed by atoms with E-state index in [-0.39, 0.29) is 6.17 Å². The van der Waals surface area contributed by atoms with Crippen LogP contribution in [0.25, 0.3) is 0 Å². The molecule has 1 aliphatic rings. The fourth-order valence-corrected chi connectivity index (χ4v) is 2.07. The lowest BCUT2D eigenvalue weighted by Crippen LogP contribution is -2.43. The van der Waals surface area contributed by atoms with Crippen LogP contribution in [0, 0.1) is 11.3 Å². The molecule has 1 aliphatic heterocycles. The second-order valence-electron chi connectivity index (χ2n) is 4.03. The van der Waals surface area contributed by atoms with Crippen LogP contribution in [-0.4, -0.2) is 19.5 Å². The smallest absolute Gasteiger partial charge is 0.194 e. The predicted molar refractivity (Wildman–Crippen MR) is 77.9 cm³/mol. The van der Waals surface area contributed by atoms with Crippen LogP contribution in [-0.2, 0) is 0 Å². The van der Waals surface area contributed by atoms with Crippen LogP contribution < -0.4 is 15.4 Å². The molecule has 5 nitrogen and oxygen atoms in total. The number of ether oxygens (including phenoxy) is 1. The van der Waals surface area contributed by atoms with Gasteiger partial charge in [0.1, 0.15) is 11.9 Å². The van der Waals surface area contributed by atoms with Crippen molar-refractivity contribution in [2.24, 2.45) is 0 Å². The van der Waals surface area contributed by atoms with Gasteiger partial charge in [0.2, 0.25) is 0 Å². The fourth-order valence-electron chi connectivity index (χ4n) is 1.73. The van der Waals surface area contributed by atoms with Crippen LogP contribution in [0.2, 0.25) is 0 Å². The maximum absolute atomic E-state index is 10.9. The molecule has 1 atom stereocenters. The van der Waals surface area contributed by atoms with Crippen molar-refractivity contribution in [1.82, 2.24) is 10.6 Å². The Labute approximate surface area is 125 Å². The van der Waals surface area contributed by atoms with Crippen molar-refractivity contribution in [2.75, 3.05) is 7.05 Å². The molecule has 6 heteroatoms. The van der Waals surface area contributed by atoms with Gasteiger partial charge in [-0.2, -0.15) is 5.26 Å². The van der Waals surface area contributed by atoms with Crippen LogP contribution in [0.15, 0.2) is 46.3 Å². The molecular weight excluding hydrogens is 322 g/mol. The zero-order valence-corrected chi connectivity index (χ0v) is 12.3. The number of dihydropyridines is 1. The number of aldehydes is 1. The second kappa shape index (κ2) is 6.37. The number of nitrogens with zero attached hydrogens (tertiary/aromatic N) is 1. The molecular formula is C14H12BrN3O2. The van der Waals surface area contributed by atoms with E-state index in [4.69, 9.17) is 10.00 Å². The molecule has 20 heavy (non-hydrogen) atoms. The van der Waals surface area contributed by atoms with E-state index < -0.39 is 0 Å². The number of carbonyl (C=O) groups excluding carboxylic acids is 1. The van der Waals surface area contributed by atoms with E-state index in [0.717, 1.165) is 6.29 Å². The van der Waals surface area contributed by atoms with Gasteiger partial charge in [0.05, 0.1) is 11.6 Å². The van der Waals surface area contributed by atoms with Gasteiger partial charge in [-0.15, -0.1) is 0 Å². The average molecular weight is 334 g/mol. The first-order valence-electron chi connectivity index (χ1n) is 5.86. The Kier molecular flexibility index (Phi) is 4.56. The van der Waals surface area contributed by atoms with Crippen molar-refractivity contribution >= 4 is 22.2 Å². The van der Waals surface area contributed by atoms with E-state index >= 15 is 0 Å². The third kappa shape index (κ3) is 3.07. The molecule has 0 radical (unpaired) electrons. The maximum Gasteiger partial charge on any atom is 0.194 e. The van der Waals surface area contributed by atoms with Crippen molar-refractivity contribution in [2.45, 2.75) is 6.17 Å². The van der Waals surface area contributed by atoms with E-state index in [1.165, 1.54) is 0 Å². The highest BCUT2D eigenvalue weighted by molar-refractivity contribution is 9.10. The lowest BCUT2D eigenvalue weighted by atomic mass is 10.1. The molecule has 102 valence electrons. The molecule has 0 saturated carbocycles. The third-order valence-corrected chi connectivity index (χ3v) is 3.47. The first kappa shape index (κ1) is 14.3. The van der Waals surface area contributed by atoms with E-state index in [1.54, 1.807) is 37.4 Å². The van der Waals surface area contributed by atoms with Crippen molar-refractivity contribution in [3.8, 4) is 11.8 Å². The second-order valence-corrected chi connectivity index (χ2v) is 4.89. The van der Waals surface area contributed by atoms with E-state index in [2.05, 4.69) is 32.6 Å². The van der Waals surface area contributed by atoms with Gasteiger partial charge in [-0.25, -0.2) is 0 Å². The Balaban J connectivity index is 2.19. The summed E-state index contributed by atoms with van der Waals surface area (Å²) in [6, 6.07) is 7.23. The highest BCUT2D eigenvalue weighted by Gasteiger charge is 2.17. The van der Waals surface area contributed by atoms with Crippen LogP contribution in [0.1, 0.15) is 10.4 Å². The normalized spacial score (nSPS) is 17.4. The number of halogens is 1. The number of likely N-dealkylation sites (N-methyl/N-ethyl adjacent to an activating group) is 1. The van der Waals surface area contributed by atoms with E-state index in [9.17, 15) is 4.79 Å². The first-order valence-corrected chi connectivity index (χ1v) is 6.65. The summed E-state index contributed by atoms with van der Waals surface area (Å²) in [6.45, 7) is 0. The van der Waals surface area contributed by atoms with Crippen LogP contribution in [0.3, 0.4) is 0 Å². The van der Waals surface area contributed by atoms with Gasteiger partial charge in [0.25, 0.3) is 0 Å². The lowest BCUT2D eigenvalue weighted by molar-refractivity contribution is 0.112. The monoisotopic (exact) mass is 333 g/mol. The number of carbonyl (C=O) groups is 1. The molecule has 0 aromatic heterocycles. The van der Waals surface area contributed by atoms with Gasteiger partial charge >= 0.3 is 0 Å². The summed E-state index contributed by atoms with van der Waals surface area (Å²) in [4.78, 5) is 10.9. The number of benzene rings is 1. The minimum atomic E-state index is -0.291. The number of nitrogens with one attached hydrogen (secondary N) is 2. The lowest BCUT2D eigenvalue weighted by Gasteiger charge is -2.23. The molecule has 1 unspecified atom stereocenters.